The molecule has 0 bridgehead atoms. The van der Waals surface area contributed by atoms with Crippen LogP contribution in [0.2, 0.25) is 0 Å². The van der Waals surface area contributed by atoms with Crippen molar-refractivity contribution >= 4 is 5.82 Å². The second-order valence-corrected chi connectivity index (χ2v) is 3.83. The van der Waals surface area contributed by atoms with E-state index < -0.39 is 0 Å². The first-order valence-corrected chi connectivity index (χ1v) is 5.40. The van der Waals surface area contributed by atoms with Crippen LogP contribution in [0.3, 0.4) is 0 Å². The predicted molar refractivity (Wildman–Crippen MR) is 70.1 cm³/mol. The van der Waals surface area contributed by atoms with Crippen LogP contribution < -0.4 is 21.1 Å². The highest BCUT2D eigenvalue weighted by Crippen LogP contribution is 2.35. The molecule has 0 atom stereocenters. The molecule has 4 N–H and O–H groups in total. The average Bonchev–Trinajstić information content (AvgIpc) is 2.65. The van der Waals surface area contributed by atoms with Crippen LogP contribution in [0.15, 0.2) is 18.2 Å². The van der Waals surface area contributed by atoms with Crippen LogP contribution in [0.4, 0.5) is 5.82 Å². The van der Waals surface area contributed by atoms with E-state index in [0.717, 1.165) is 5.56 Å². The predicted octanol–water partition coefficient (Wildman–Crippen LogP) is 1.17. The number of nitrogens with zero attached hydrogens (tertiary/aromatic N) is 2. The molecule has 6 heteroatoms. The normalized spacial score (nSPS) is 10.4. The summed E-state index contributed by atoms with van der Waals surface area (Å²) >= 11 is 0. The zero-order valence-electron chi connectivity index (χ0n) is 10.6. The van der Waals surface area contributed by atoms with Gasteiger partial charge in [0.1, 0.15) is 23.0 Å². The number of hydrogen-bond donors (Lipinski definition) is 2. The number of nitrogens with two attached hydrogens (primary N) is 2. The Balaban J connectivity index is 2.64. The molecule has 0 saturated carbocycles. The summed E-state index contributed by atoms with van der Waals surface area (Å²) in [5.41, 5.74) is 7.27. The molecule has 0 spiro atoms. The third-order valence-electron chi connectivity index (χ3n) is 2.79. The van der Waals surface area contributed by atoms with E-state index >= 15 is 0 Å². The number of nitrogen functional groups attached to an aromatic ring is 2. The van der Waals surface area contributed by atoms with Gasteiger partial charge in [0, 0.05) is 5.56 Å². The fraction of sp³-hybridized carbons (Fsp3) is 0.250. The SMILES string of the molecule is COc1ccc(OC)c(-c2nc(C)n(N)c2N)c1. The molecule has 6 nitrogen and oxygen atoms in total. The van der Waals surface area contributed by atoms with E-state index in [9.17, 15) is 0 Å². The van der Waals surface area contributed by atoms with Gasteiger partial charge in [0.05, 0.1) is 14.2 Å². The van der Waals surface area contributed by atoms with Crippen LogP contribution in [-0.2, 0) is 0 Å². The average molecular weight is 248 g/mol. The second kappa shape index (κ2) is 4.48. The van der Waals surface area contributed by atoms with Gasteiger partial charge in [-0.05, 0) is 25.1 Å². The molecule has 18 heavy (non-hydrogen) atoms. The second-order valence-electron chi connectivity index (χ2n) is 3.83. The van der Waals surface area contributed by atoms with Crippen molar-refractivity contribution in [2.45, 2.75) is 6.92 Å². The third-order valence-corrected chi connectivity index (χ3v) is 2.79. The van der Waals surface area contributed by atoms with Crippen molar-refractivity contribution in [3.05, 3.63) is 24.0 Å². The van der Waals surface area contributed by atoms with Crippen molar-refractivity contribution in [1.29, 1.82) is 0 Å². The number of aryl methyl sites for hydroxylation is 1. The molecule has 0 aliphatic carbocycles. The fourth-order valence-electron chi connectivity index (χ4n) is 1.76. The Kier molecular flexibility index (Phi) is 3.01. The van der Waals surface area contributed by atoms with Gasteiger partial charge in [-0.25, -0.2) is 9.66 Å². The molecule has 1 aromatic carbocycles. The highest BCUT2D eigenvalue weighted by atomic mass is 16.5. The lowest BCUT2D eigenvalue weighted by Crippen LogP contribution is -2.13. The number of rotatable bonds is 3. The van der Waals surface area contributed by atoms with Crippen molar-refractivity contribution in [1.82, 2.24) is 9.66 Å². The lowest BCUT2D eigenvalue weighted by Gasteiger charge is -2.09. The summed E-state index contributed by atoms with van der Waals surface area (Å²) in [4.78, 5) is 4.34. The summed E-state index contributed by atoms with van der Waals surface area (Å²) in [6, 6.07) is 5.43. The van der Waals surface area contributed by atoms with Crippen LogP contribution in [0.1, 0.15) is 5.82 Å². The maximum atomic E-state index is 5.93. The smallest absolute Gasteiger partial charge is 0.150 e. The molecular weight excluding hydrogens is 232 g/mol. The lowest BCUT2D eigenvalue weighted by molar-refractivity contribution is 0.404. The van der Waals surface area contributed by atoms with Crippen LogP contribution in [0.25, 0.3) is 11.3 Å². The molecule has 0 fully saturated rings. The molecule has 0 radical (unpaired) electrons. The Bertz CT molecular complexity index is 578. The molecule has 0 amide bonds. The van der Waals surface area contributed by atoms with Gasteiger partial charge < -0.3 is 21.1 Å². The molecule has 1 heterocycles. The van der Waals surface area contributed by atoms with Crippen molar-refractivity contribution < 1.29 is 9.47 Å². The topological polar surface area (TPSA) is 88.3 Å². The molecule has 0 aliphatic rings. The first-order valence-electron chi connectivity index (χ1n) is 5.40. The monoisotopic (exact) mass is 248 g/mol. The highest BCUT2D eigenvalue weighted by molar-refractivity contribution is 5.77. The summed E-state index contributed by atoms with van der Waals surface area (Å²) in [5.74, 6) is 8.15. The third kappa shape index (κ3) is 1.81. The van der Waals surface area contributed by atoms with Crippen molar-refractivity contribution in [3.63, 3.8) is 0 Å². The number of imidazole rings is 1. The quantitative estimate of drug-likeness (QED) is 0.796. The zero-order chi connectivity index (χ0) is 13.3. The minimum Gasteiger partial charge on any atom is -0.497 e. The molecule has 0 saturated heterocycles. The summed E-state index contributed by atoms with van der Waals surface area (Å²) in [6.07, 6.45) is 0. The lowest BCUT2D eigenvalue weighted by atomic mass is 10.1. The first-order chi connectivity index (χ1) is 8.58. The standard InChI is InChI=1S/C12H16N4O2/c1-7-15-11(12(13)16(7)14)9-6-8(17-2)4-5-10(9)18-3/h4-6H,13-14H2,1-3H3. The zero-order valence-corrected chi connectivity index (χ0v) is 10.6. The van der Waals surface area contributed by atoms with Crippen molar-refractivity contribution in [3.8, 4) is 22.8 Å². The van der Waals surface area contributed by atoms with Crippen LogP contribution in [0, 0.1) is 6.92 Å². The number of benzene rings is 1. The van der Waals surface area contributed by atoms with E-state index in [1.54, 1.807) is 27.2 Å². The summed E-state index contributed by atoms with van der Waals surface area (Å²) in [6.45, 7) is 1.78. The van der Waals surface area contributed by atoms with Crippen LogP contribution >= 0.6 is 0 Å². The largest absolute Gasteiger partial charge is 0.497 e. The summed E-state index contributed by atoms with van der Waals surface area (Å²) < 4.78 is 11.8. The Morgan fingerprint density at radius 3 is 2.44 bits per heavy atom. The number of hydrogen-bond acceptors (Lipinski definition) is 5. The van der Waals surface area contributed by atoms with Gasteiger partial charge in [0.15, 0.2) is 5.82 Å². The molecule has 1 aromatic heterocycles. The van der Waals surface area contributed by atoms with E-state index in [0.29, 0.717) is 28.8 Å². The number of aromatic nitrogens is 2. The highest BCUT2D eigenvalue weighted by Gasteiger charge is 2.16. The van der Waals surface area contributed by atoms with E-state index in [2.05, 4.69) is 4.98 Å². The summed E-state index contributed by atoms with van der Waals surface area (Å²) in [5, 5.41) is 0. The molecule has 96 valence electrons. The van der Waals surface area contributed by atoms with Gasteiger partial charge >= 0.3 is 0 Å². The van der Waals surface area contributed by atoms with Crippen molar-refractivity contribution in [2.75, 3.05) is 25.8 Å². The Labute approximate surface area is 105 Å². The molecule has 0 aliphatic heterocycles. The van der Waals surface area contributed by atoms with Gasteiger partial charge in [-0.15, -0.1) is 0 Å². The van der Waals surface area contributed by atoms with E-state index in [-0.39, 0.29) is 0 Å². The molecule has 2 aromatic rings. The van der Waals surface area contributed by atoms with Gasteiger partial charge in [-0.3, -0.25) is 0 Å². The van der Waals surface area contributed by atoms with E-state index in [1.807, 2.05) is 12.1 Å². The maximum absolute atomic E-state index is 5.93. The van der Waals surface area contributed by atoms with E-state index in [4.69, 9.17) is 21.1 Å². The molecule has 0 unspecified atom stereocenters. The van der Waals surface area contributed by atoms with Gasteiger partial charge in [-0.2, -0.15) is 0 Å². The Morgan fingerprint density at radius 2 is 1.94 bits per heavy atom. The first kappa shape index (κ1) is 12.1. The van der Waals surface area contributed by atoms with Gasteiger partial charge in [-0.1, -0.05) is 0 Å². The Hall–Kier alpha value is -2.37. The van der Waals surface area contributed by atoms with Gasteiger partial charge in [0.2, 0.25) is 0 Å². The van der Waals surface area contributed by atoms with Gasteiger partial charge in [0.25, 0.3) is 0 Å². The molecular formula is C12H16N4O2. The number of anilines is 1. The summed E-state index contributed by atoms with van der Waals surface area (Å²) in [7, 11) is 3.19. The molecule has 2 rings (SSSR count). The van der Waals surface area contributed by atoms with Crippen LogP contribution in [0.5, 0.6) is 11.5 Å². The minimum atomic E-state index is 0.388. The Morgan fingerprint density at radius 1 is 1.22 bits per heavy atom. The number of methoxy groups -OCH3 is 2. The number of ether oxygens (including phenoxy) is 2. The van der Waals surface area contributed by atoms with Crippen LogP contribution in [-0.4, -0.2) is 23.9 Å². The fourth-order valence-corrected chi connectivity index (χ4v) is 1.76. The van der Waals surface area contributed by atoms with Crippen molar-refractivity contribution in [2.24, 2.45) is 0 Å². The van der Waals surface area contributed by atoms with E-state index in [1.165, 1.54) is 4.68 Å². The minimum absolute atomic E-state index is 0.388. The maximum Gasteiger partial charge on any atom is 0.150 e.